The van der Waals surface area contributed by atoms with E-state index in [1.165, 1.54) is 18.5 Å². The molecule has 2 aliphatic rings. The summed E-state index contributed by atoms with van der Waals surface area (Å²) in [4.78, 5) is 10.8. The molecule has 0 atom stereocenters. The van der Waals surface area contributed by atoms with Crippen molar-refractivity contribution in [3.05, 3.63) is 47.9 Å². The number of hydrogen-bond donors (Lipinski definition) is 0. The number of aromatic nitrogens is 6. The molecule has 0 radical (unpaired) electrons. The van der Waals surface area contributed by atoms with E-state index in [4.69, 9.17) is 5.10 Å². The first-order chi connectivity index (χ1) is 12.4. The van der Waals surface area contributed by atoms with Crippen LogP contribution in [0.3, 0.4) is 0 Å². The third-order valence-corrected chi connectivity index (χ3v) is 5.28. The van der Waals surface area contributed by atoms with Crippen molar-refractivity contribution in [2.45, 2.75) is 44.1 Å². The van der Waals surface area contributed by atoms with Crippen molar-refractivity contribution in [1.29, 1.82) is 0 Å². The lowest BCUT2D eigenvalue weighted by Gasteiger charge is -2.30. The predicted molar refractivity (Wildman–Crippen MR) is 92.0 cm³/mol. The molecule has 128 valence electrons. The van der Waals surface area contributed by atoms with Crippen molar-refractivity contribution < 1.29 is 0 Å². The van der Waals surface area contributed by atoms with Crippen LogP contribution in [0.4, 0.5) is 0 Å². The third kappa shape index (κ3) is 3.00. The maximum absolute atomic E-state index is 4.82. The van der Waals surface area contributed by atoms with Crippen LogP contribution in [-0.2, 0) is 6.54 Å². The molecular formula is C18H21N7. The smallest absolute Gasteiger partial charge is 0.177 e. The molecular weight excluding hydrogens is 314 g/mol. The van der Waals surface area contributed by atoms with Gasteiger partial charge in [-0.1, -0.05) is 0 Å². The van der Waals surface area contributed by atoms with E-state index in [1.54, 1.807) is 12.5 Å². The summed E-state index contributed by atoms with van der Waals surface area (Å²) < 4.78 is 1.98. The minimum Gasteiger partial charge on any atom is -0.297 e. The van der Waals surface area contributed by atoms with Crippen LogP contribution in [0.15, 0.2) is 30.7 Å². The van der Waals surface area contributed by atoms with Crippen molar-refractivity contribution in [1.82, 2.24) is 34.7 Å². The molecule has 1 aliphatic heterocycles. The Labute approximate surface area is 146 Å². The highest BCUT2D eigenvalue weighted by Crippen LogP contribution is 2.39. The molecule has 0 amide bonds. The maximum atomic E-state index is 4.82. The molecule has 7 nitrogen and oxygen atoms in total. The lowest BCUT2D eigenvalue weighted by atomic mass is 9.96. The van der Waals surface area contributed by atoms with Gasteiger partial charge in [-0.05, 0) is 57.0 Å². The van der Waals surface area contributed by atoms with Crippen molar-refractivity contribution in [2.24, 2.45) is 0 Å². The van der Waals surface area contributed by atoms with Crippen LogP contribution >= 0.6 is 0 Å². The Morgan fingerprint density at radius 3 is 2.60 bits per heavy atom. The Morgan fingerprint density at radius 1 is 0.960 bits per heavy atom. The Bertz CT molecular complexity index is 864. The van der Waals surface area contributed by atoms with Gasteiger partial charge in [0.25, 0.3) is 0 Å². The molecule has 0 aromatic carbocycles. The lowest BCUT2D eigenvalue weighted by Crippen LogP contribution is -2.33. The highest BCUT2D eigenvalue weighted by atomic mass is 15.4. The van der Waals surface area contributed by atoms with Gasteiger partial charge in [0.2, 0.25) is 0 Å². The fourth-order valence-electron chi connectivity index (χ4n) is 3.66. The molecule has 2 fully saturated rings. The van der Waals surface area contributed by atoms with E-state index in [1.807, 2.05) is 10.6 Å². The molecule has 0 unspecified atom stereocenters. The van der Waals surface area contributed by atoms with Gasteiger partial charge in [-0.3, -0.25) is 4.90 Å². The van der Waals surface area contributed by atoms with E-state index < -0.39 is 0 Å². The normalized spacial score (nSPS) is 19.5. The Balaban J connectivity index is 1.30. The second-order valence-electron chi connectivity index (χ2n) is 7.11. The van der Waals surface area contributed by atoms with Crippen LogP contribution in [0.25, 0.3) is 5.65 Å². The van der Waals surface area contributed by atoms with Crippen molar-refractivity contribution in [3.8, 4) is 0 Å². The molecule has 5 rings (SSSR count). The van der Waals surface area contributed by atoms with Crippen LogP contribution in [-0.4, -0.2) is 47.8 Å². The summed E-state index contributed by atoms with van der Waals surface area (Å²) in [5, 5.41) is 13.6. The van der Waals surface area contributed by atoms with E-state index in [0.29, 0.717) is 11.8 Å². The highest BCUT2D eigenvalue weighted by molar-refractivity contribution is 5.38. The SMILES string of the molecule is c1cc(CN2CCC(c3nnc4ccc(C5CC5)nn34)CC2)ncn1. The van der Waals surface area contributed by atoms with E-state index in [2.05, 4.69) is 37.2 Å². The van der Waals surface area contributed by atoms with Gasteiger partial charge in [0, 0.05) is 24.6 Å². The standard InChI is InChI=1S/C18H21N7/c1-2-13(1)16-3-4-17-21-22-18(25(17)23-16)14-6-9-24(10-7-14)11-15-5-8-19-12-20-15/h3-5,8,12-14H,1-2,6-7,9-11H2. The minimum atomic E-state index is 0.429. The van der Waals surface area contributed by atoms with Crippen molar-refractivity contribution >= 4 is 5.65 Å². The van der Waals surface area contributed by atoms with Crippen LogP contribution in [0, 0.1) is 0 Å². The largest absolute Gasteiger partial charge is 0.297 e. The van der Waals surface area contributed by atoms with Gasteiger partial charge in [-0.15, -0.1) is 10.2 Å². The molecule has 1 saturated heterocycles. The van der Waals surface area contributed by atoms with Crippen LogP contribution in [0.1, 0.15) is 54.7 Å². The molecule has 25 heavy (non-hydrogen) atoms. The molecule has 4 heterocycles. The summed E-state index contributed by atoms with van der Waals surface area (Å²) in [5.74, 6) is 2.10. The molecule has 7 heteroatoms. The highest BCUT2D eigenvalue weighted by Gasteiger charge is 2.28. The average Bonchev–Trinajstić information content (AvgIpc) is 3.43. The number of piperidine rings is 1. The third-order valence-electron chi connectivity index (χ3n) is 5.28. The van der Waals surface area contributed by atoms with Gasteiger partial charge in [0.15, 0.2) is 11.5 Å². The molecule has 0 bridgehead atoms. The predicted octanol–water partition coefficient (Wildman–Crippen LogP) is 2.17. The first kappa shape index (κ1) is 14.9. The molecule has 3 aromatic heterocycles. The zero-order valence-electron chi connectivity index (χ0n) is 14.1. The van der Waals surface area contributed by atoms with E-state index in [-0.39, 0.29) is 0 Å². The Kier molecular flexibility index (Phi) is 3.66. The second kappa shape index (κ2) is 6.15. The number of nitrogens with zero attached hydrogens (tertiary/aromatic N) is 7. The number of rotatable bonds is 4. The molecule has 3 aromatic rings. The van der Waals surface area contributed by atoms with Gasteiger partial charge < -0.3 is 0 Å². The second-order valence-corrected chi connectivity index (χ2v) is 7.11. The van der Waals surface area contributed by atoms with Crippen molar-refractivity contribution in [3.63, 3.8) is 0 Å². The summed E-state index contributed by atoms with van der Waals surface area (Å²) in [6, 6.07) is 6.15. The van der Waals surface area contributed by atoms with Crippen LogP contribution < -0.4 is 0 Å². The summed E-state index contributed by atoms with van der Waals surface area (Å²) in [5.41, 5.74) is 3.13. The van der Waals surface area contributed by atoms with E-state index in [9.17, 15) is 0 Å². The topological polar surface area (TPSA) is 72.1 Å². The van der Waals surface area contributed by atoms with Gasteiger partial charge >= 0.3 is 0 Å². The van der Waals surface area contributed by atoms with Gasteiger partial charge in [-0.25, -0.2) is 9.97 Å². The van der Waals surface area contributed by atoms with E-state index >= 15 is 0 Å². The quantitative estimate of drug-likeness (QED) is 0.728. The number of likely N-dealkylation sites (tertiary alicyclic amines) is 1. The Hall–Kier alpha value is -2.41. The van der Waals surface area contributed by atoms with Crippen LogP contribution in [0.2, 0.25) is 0 Å². The fourth-order valence-corrected chi connectivity index (χ4v) is 3.66. The van der Waals surface area contributed by atoms with Gasteiger partial charge in [0.05, 0.1) is 11.4 Å². The molecule has 1 aliphatic carbocycles. The van der Waals surface area contributed by atoms with Crippen LogP contribution in [0.5, 0.6) is 0 Å². The first-order valence-corrected chi connectivity index (χ1v) is 9.06. The Morgan fingerprint density at radius 2 is 1.84 bits per heavy atom. The summed E-state index contributed by atoms with van der Waals surface area (Å²) in [6.07, 6.45) is 8.12. The van der Waals surface area contributed by atoms with Gasteiger partial charge in [0.1, 0.15) is 6.33 Å². The zero-order chi connectivity index (χ0) is 16.6. The number of hydrogen-bond acceptors (Lipinski definition) is 6. The lowest BCUT2D eigenvalue weighted by molar-refractivity contribution is 0.198. The first-order valence-electron chi connectivity index (χ1n) is 9.06. The van der Waals surface area contributed by atoms with E-state index in [0.717, 1.165) is 49.6 Å². The fraction of sp³-hybridized carbons (Fsp3) is 0.500. The number of fused-ring (bicyclic) bond motifs is 1. The molecule has 0 N–H and O–H groups in total. The summed E-state index contributed by atoms with van der Waals surface area (Å²) >= 11 is 0. The summed E-state index contributed by atoms with van der Waals surface area (Å²) in [7, 11) is 0. The molecule has 1 saturated carbocycles. The molecule has 0 spiro atoms. The monoisotopic (exact) mass is 335 g/mol. The van der Waals surface area contributed by atoms with Crippen molar-refractivity contribution in [2.75, 3.05) is 13.1 Å². The minimum absolute atomic E-state index is 0.429. The summed E-state index contributed by atoms with van der Waals surface area (Å²) in [6.45, 7) is 2.98. The average molecular weight is 335 g/mol. The zero-order valence-corrected chi connectivity index (χ0v) is 14.1. The van der Waals surface area contributed by atoms with Gasteiger partial charge in [-0.2, -0.15) is 9.61 Å². The maximum Gasteiger partial charge on any atom is 0.177 e.